The summed E-state index contributed by atoms with van der Waals surface area (Å²) < 4.78 is 1.94. The number of carboxylic acid groups (broad SMARTS) is 1. The van der Waals surface area contributed by atoms with E-state index in [9.17, 15) is 4.79 Å². The van der Waals surface area contributed by atoms with Gasteiger partial charge in [0.1, 0.15) is 0 Å². The average molecular weight is 236 g/mol. The van der Waals surface area contributed by atoms with Gasteiger partial charge in [0.15, 0.2) is 5.16 Å². The van der Waals surface area contributed by atoms with Crippen LogP contribution in [0.1, 0.15) is 5.56 Å². The molecule has 16 heavy (non-hydrogen) atoms. The Morgan fingerprint density at radius 3 is 2.94 bits per heavy atom. The SMILES string of the molecule is Cc1cccc2nc(SCC(=O)O)n(C)c12. The zero-order valence-electron chi connectivity index (χ0n) is 9.10. The molecule has 0 fully saturated rings. The number of imidazole rings is 1. The van der Waals surface area contributed by atoms with Crippen molar-refractivity contribution in [1.82, 2.24) is 9.55 Å². The van der Waals surface area contributed by atoms with Gasteiger partial charge >= 0.3 is 5.97 Å². The fourth-order valence-corrected chi connectivity index (χ4v) is 2.40. The van der Waals surface area contributed by atoms with Crippen molar-refractivity contribution in [1.29, 1.82) is 0 Å². The molecule has 1 aromatic heterocycles. The van der Waals surface area contributed by atoms with E-state index in [2.05, 4.69) is 4.98 Å². The van der Waals surface area contributed by atoms with Crippen LogP contribution in [0.3, 0.4) is 0 Å². The van der Waals surface area contributed by atoms with Crippen molar-refractivity contribution in [3.63, 3.8) is 0 Å². The number of aryl methyl sites for hydroxylation is 2. The third-order valence-corrected chi connectivity index (χ3v) is 3.39. The maximum Gasteiger partial charge on any atom is 0.313 e. The Hall–Kier alpha value is -1.49. The molecule has 2 rings (SSSR count). The zero-order valence-corrected chi connectivity index (χ0v) is 9.91. The van der Waals surface area contributed by atoms with Crippen molar-refractivity contribution in [3.05, 3.63) is 23.8 Å². The summed E-state index contributed by atoms with van der Waals surface area (Å²) in [7, 11) is 1.91. The van der Waals surface area contributed by atoms with Crippen molar-refractivity contribution >= 4 is 28.8 Å². The maximum atomic E-state index is 10.5. The Bertz CT molecular complexity index is 548. The molecule has 0 radical (unpaired) electrons. The van der Waals surface area contributed by atoms with E-state index in [1.165, 1.54) is 11.8 Å². The highest BCUT2D eigenvalue weighted by Crippen LogP contribution is 2.24. The molecule has 0 unspecified atom stereocenters. The monoisotopic (exact) mass is 236 g/mol. The lowest BCUT2D eigenvalue weighted by molar-refractivity contribution is -0.133. The van der Waals surface area contributed by atoms with Crippen molar-refractivity contribution < 1.29 is 9.90 Å². The molecule has 0 amide bonds. The van der Waals surface area contributed by atoms with Crippen molar-refractivity contribution in [2.45, 2.75) is 12.1 Å². The van der Waals surface area contributed by atoms with Crippen LogP contribution in [0.4, 0.5) is 0 Å². The van der Waals surface area contributed by atoms with Crippen LogP contribution in [0.15, 0.2) is 23.4 Å². The summed E-state index contributed by atoms with van der Waals surface area (Å²) in [5.41, 5.74) is 3.13. The first-order valence-electron chi connectivity index (χ1n) is 4.86. The summed E-state index contributed by atoms with van der Waals surface area (Å²) in [6.45, 7) is 2.02. The minimum absolute atomic E-state index is 0.0379. The smallest absolute Gasteiger partial charge is 0.313 e. The lowest BCUT2D eigenvalue weighted by atomic mass is 10.2. The molecule has 4 nitrogen and oxygen atoms in total. The highest BCUT2D eigenvalue weighted by Gasteiger charge is 2.10. The number of hydrogen-bond acceptors (Lipinski definition) is 3. The third-order valence-electron chi connectivity index (χ3n) is 2.38. The van der Waals surface area contributed by atoms with Crippen LogP contribution in [0.5, 0.6) is 0 Å². The Balaban J connectivity index is 2.44. The fraction of sp³-hybridized carbons (Fsp3) is 0.273. The van der Waals surface area contributed by atoms with E-state index in [-0.39, 0.29) is 5.75 Å². The second kappa shape index (κ2) is 4.17. The molecule has 0 bridgehead atoms. The predicted octanol–water partition coefficient (Wildman–Crippen LogP) is 2.06. The number of aromatic nitrogens is 2. The van der Waals surface area contributed by atoms with Crippen LogP contribution in [0.2, 0.25) is 0 Å². The van der Waals surface area contributed by atoms with Gasteiger partial charge in [-0.2, -0.15) is 0 Å². The summed E-state index contributed by atoms with van der Waals surface area (Å²) in [6, 6.07) is 5.92. The number of benzene rings is 1. The van der Waals surface area contributed by atoms with Crippen LogP contribution in [0.25, 0.3) is 11.0 Å². The molecule has 0 saturated carbocycles. The van der Waals surface area contributed by atoms with Gasteiger partial charge < -0.3 is 9.67 Å². The second-order valence-corrected chi connectivity index (χ2v) is 4.52. The Morgan fingerprint density at radius 1 is 1.56 bits per heavy atom. The van der Waals surface area contributed by atoms with Crippen molar-refractivity contribution in [3.8, 4) is 0 Å². The van der Waals surface area contributed by atoms with E-state index in [0.29, 0.717) is 0 Å². The average Bonchev–Trinajstić information content (AvgIpc) is 2.54. The molecule has 0 spiro atoms. The van der Waals surface area contributed by atoms with E-state index in [1.807, 2.05) is 36.7 Å². The molecule has 1 aromatic carbocycles. The number of rotatable bonds is 3. The summed E-state index contributed by atoms with van der Waals surface area (Å²) in [4.78, 5) is 14.9. The van der Waals surface area contributed by atoms with Crippen LogP contribution < -0.4 is 0 Å². The Labute approximate surface area is 97.3 Å². The summed E-state index contributed by atoms with van der Waals surface area (Å²) in [5, 5.41) is 9.38. The molecule has 0 aliphatic carbocycles. The van der Waals surface area contributed by atoms with E-state index >= 15 is 0 Å². The standard InChI is InChI=1S/C11H12N2O2S/c1-7-4-3-5-8-10(7)13(2)11(12-8)16-6-9(14)15/h3-5H,6H2,1-2H3,(H,14,15). The molecule has 1 heterocycles. The van der Waals surface area contributed by atoms with Gasteiger partial charge in [-0.3, -0.25) is 4.79 Å². The molecule has 1 N–H and O–H groups in total. The van der Waals surface area contributed by atoms with Gasteiger partial charge in [-0.15, -0.1) is 0 Å². The lowest BCUT2D eigenvalue weighted by Crippen LogP contribution is -2.00. The Morgan fingerprint density at radius 2 is 2.31 bits per heavy atom. The van der Waals surface area contributed by atoms with E-state index in [4.69, 9.17) is 5.11 Å². The summed E-state index contributed by atoms with van der Waals surface area (Å²) in [5.74, 6) is -0.787. The van der Waals surface area contributed by atoms with Gasteiger partial charge in [0, 0.05) is 7.05 Å². The van der Waals surface area contributed by atoms with Crippen LogP contribution >= 0.6 is 11.8 Å². The van der Waals surface area contributed by atoms with Gasteiger partial charge in [0.05, 0.1) is 16.8 Å². The molecule has 2 aromatic rings. The molecular formula is C11H12N2O2S. The van der Waals surface area contributed by atoms with Gasteiger partial charge in [0.2, 0.25) is 0 Å². The number of carboxylic acids is 1. The molecule has 84 valence electrons. The summed E-state index contributed by atoms with van der Waals surface area (Å²) in [6.07, 6.45) is 0. The quantitative estimate of drug-likeness (QED) is 0.829. The van der Waals surface area contributed by atoms with E-state index in [1.54, 1.807) is 0 Å². The molecule has 0 aliphatic rings. The van der Waals surface area contributed by atoms with Gasteiger partial charge in [-0.05, 0) is 18.6 Å². The Kier molecular flexibility index (Phi) is 2.87. The fourth-order valence-electron chi connectivity index (χ4n) is 1.70. The maximum absolute atomic E-state index is 10.5. The minimum Gasteiger partial charge on any atom is -0.481 e. The van der Waals surface area contributed by atoms with E-state index < -0.39 is 5.97 Å². The molecule has 0 aliphatic heterocycles. The predicted molar refractivity (Wildman–Crippen MR) is 63.8 cm³/mol. The van der Waals surface area contributed by atoms with E-state index in [0.717, 1.165) is 21.8 Å². The first-order chi connectivity index (χ1) is 7.59. The highest BCUT2D eigenvalue weighted by atomic mass is 32.2. The number of para-hydroxylation sites is 1. The molecule has 5 heteroatoms. The molecule has 0 atom stereocenters. The first-order valence-corrected chi connectivity index (χ1v) is 5.85. The molecule has 0 saturated heterocycles. The number of fused-ring (bicyclic) bond motifs is 1. The first kappa shape index (κ1) is 11.0. The van der Waals surface area contributed by atoms with Crippen molar-refractivity contribution in [2.75, 3.05) is 5.75 Å². The van der Waals surface area contributed by atoms with Crippen LogP contribution in [-0.4, -0.2) is 26.4 Å². The second-order valence-electron chi connectivity index (χ2n) is 3.58. The normalized spacial score (nSPS) is 10.9. The third kappa shape index (κ3) is 1.90. The van der Waals surface area contributed by atoms with Crippen LogP contribution in [-0.2, 0) is 11.8 Å². The lowest BCUT2D eigenvalue weighted by Gasteiger charge is -2.01. The minimum atomic E-state index is -0.825. The van der Waals surface area contributed by atoms with Gasteiger partial charge in [-0.1, -0.05) is 23.9 Å². The molecular weight excluding hydrogens is 224 g/mol. The number of carbonyl (C=O) groups is 1. The van der Waals surface area contributed by atoms with Gasteiger partial charge in [-0.25, -0.2) is 4.98 Å². The number of aliphatic carboxylic acids is 1. The van der Waals surface area contributed by atoms with Crippen LogP contribution in [0, 0.1) is 6.92 Å². The number of thioether (sulfide) groups is 1. The zero-order chi connectivity index (χ0) is 11.7. The van der Waals surface area contributed by atoms with Crippen molar-refractivity contribution in [2.24, 2.45) is 7.05 Å². The number of nitrogens with zero attached hydrogens (tertiary/aromatic N) is 2. The highest BCUT2D eigenvalue weighted by molar-refractivity contribution is 7.99. The summed E-state index contributed by atoms with van der Waals surface area (Å²) >= 11 is 1.24. The van der Waals surface area contributed by atoms with Gasteiger partial charge in [0.25, 0.3) is 0 Å². The topological polar surface area (TPSA) is 55.1 Å². The number of hydrogen-bond donors (Lipinski definition) is 1. The largest absolute Gasteiger partial charge is 0.481 e.